The van der Waals surface area contributed by atoms with Gasteiger partial charge in [0.05, 0.1) is 35.9 Å². The van der Waals surface area contributed by atoms with Gasteiger partial charge in [-0.2, -0.15) is 0 Å². The highest BCUT2D eigenvalue weighted by atomic mass is 35.5. The molecular weight excluding hydrogens is 380 g/mol. The van der Waals surface area contributed by atoms with Crippen molar-refractivity contribution < 1.29 is 9.53 Å². The van der Waals surface area contributed by atoms with Gasteiger partial charge < -0.3 is 14.7 Å². The van der Waals surface area contributed by atoms with Crippen LogP contribution < -0.4 is 11.1 Å². The third-order valence-corrected chi connectivity index (χ3v) is 4.51. The maximum atomic E-state index is 12.1. The zero-order chi connectivity index (χ0) is 18.7. The number of carbonyl (C=O) groups is 1. The number of fused-ring (bicyclic) bond motifs is 1. The normalized spacial score (nSPS) is 10.8. The molecule has 0 aliphatic rings. The predicted molar refractivity (Wildman–Crippen MR) is 97.5 cm³/mol. The molecule has 0 amide bonds. The predicted octanol–water partition coefficient (Wildman–Crippen LogP) is 1.67. The van der Waals surface area contributed by atoms with Gasteiger partial charge in [-0.05, 0) is 18.2 Å². The lowest BCUT2D eigenvalue weighted by Crippen LogP contribution is -2.14. The molecule has 0 bridgehead atoms. The molecule has 134 valence electrons. The van der Waals surface area contributed by atoms with Crippen LogP contribution in [0.25, 0.3) is 10.9 Å². The summed E-state index contributed by atoms with van der Waals surface area (Å²) in [5.41, 5.74) is 0.150. The van der Waals surface area contributed by atoms with E-state index in [4.69, 9.17) is 11.6 Å². The topological polar surface area (TPSA) is 118 Å². The van der Waals surface area contributed by atoms with Gasteiger partial charge in [-0.25, -0.2) is 9.97 Å². The van der Waals surface area contributed by atoms with E-state index in [-0.39, 0.29) is 23.3 Å². The van der Waals surface area contributed by atoms with E-state index in [1.165, 1.54) is 24.9 Å². The van der Waals surface area contributed by atoms with E-state index in [1.54, 1.807) is 18.2 Å². The van der Waals surface area contributed by atoms with Crippen molar-refractivity contribution in [2.45, 2.75) is 17.3 Å². The van der Waals surface area contributed by atoms with Crippen LogP contribution in [0.15, 0.2) is 39.0 Å². The lowest BCUT2D eigenvalue weighted by atomic mass is 10.2. The van der Waals surface area contributed by atoms with E-state index in [0.29, 0.717) is 32.6 Å². The van der Waals surface area contributed by atoms with E-state index in [2.05, 4.69) is 24.7 Å². The summed E-state index contributed by atoms with van der Waals surface area (Å²) in [6.07, 6.45) is -0.0974. The fourth-order valence-electron chi connectivity index (χ4n) is 2.23. The van der Waals surface area contributed by atoms with Crippen LogP contribution in [0, 0.1) is 0 Å². The first-order valence-electron chi connectivity index (χ1n) is 7.43. The molecule has 8 nitrogen and oxygen atoms in total. The van der Waals surface area contributed by atoms with E-state index < -0.39 is 5.97 Å². The minimum Gasteiger partial charge on any atom is -0.469 e. The molecule has 0 spiro atoms. The Morgan fingerprint density at radius 3 is 2.81 bits per heavy atom. The second kappa shape index (κ2) is 7.71. The second-order valence-electron chi connectivity index (χ2n) is 5.26. The van der Waals surface area contributed by atoms with E-state index in [9.17, 15) is 14.4 Å². The molecule has 3 rings (SSSR count). The van der Waals surface area contributed by atoms with Crippen LogP contribution >= 0.6 is 23.4 Å². The zero-order valence-electron chi connectivity index (χ0n) is 13.5. The van der Waals surface area contributed by atoms with Crippen LogP contribution in [-0.4, -0.2) is 33.0 Å². The largest absolute Gasteiger partial charge is 0.469 e. The Morgan fingerprint density at radius 1 is 1.23 bits per heavy atom. The van der Waals surface area contributed by atoms with Crippen LogP contribution in [0.4, 0.5) is 0 Å². The SMILES string of the molecule is COC(=O)Cc1cc(=O)[nH]c(SCc2nc3ccc(Cl)cc3c(=O)[nH]2)n1. The number of thioether (sulfide) groups is 1. The molecule has 10 heteroatoms. The number of aromatic amines is 2. The Hall–Kier alpha value is -2.65. The van der Waals surface area contributed by atoms with Crippen molar-refractivity contribution in [3.8, 4) is 0 Å². The first-order valence-corrected chi connectivity index (χ1v) is 8.79. The number of nitrogens with one attached hydrogen (secondary N) is 2. The van der Waals surface area contributed by atoms with Gasteiger partial charge in [0.25, 0.3) is 11.1 Å². The fourth-order valence-corrected chi connectivity index (χ4v) is 3.16. The molecule has 0 fully saturated rings. The van der Waals surface area contributed by atoms with Crippen LogP contribution in [0.5, 0.6) is 0 Å². The van der Waals surface area contributed by atoms with E-state index in [1.807, 2.05) is 0 Å². The number of benzene rings is 1. The van der Waals surface area contributed by atoms with Gasteiger partial charge in [0.1, 0.15) is 5.82 Å². The smallest absolute Gasteiger partial charge is 0.311 e. The second-order valence-corrected chi connectivity index (χ2v) is 6.66. The molecule has 0 radical (unpaired) electrons. The van der Waals surface area contributed by atoms with E-state index >= 15 is 0 Å². The van der Waals surface area contributed by atoms with Crippen LogP contribution in [0.1, 0.15) is 11.5 Å². The number of hydrogen-bond donors (Lipinski definition) is 2. The Kier molecular flexibility index (Phi) is 5.38. The minimum absolute atomic E-state index is 0.0974. The van der Waals surface area contributed by atoms with E-state index in [0.717, 1.165) is 0 Å². The highest BCUT2D eigenvalue weighted by Gasteiger charge is 2.10. The first-order chi connectivity index (χ1) is 12.4. The first kappa shape index (κ1) is 18.2. The number of ether oxygens (including phenoxy) is 1. The summed E-state index contributed by atoms with van der Waals surface area (Å²) in [5, 5.41) is 1.17. The maximum absolute atomic E-state index is 12.1. The molecule has 1 aromatic carbocycles. The standard InChI is InChI=1S/C16H13ClN4O4S/c1-25-14(23)6-9-5-13(22)21-16(18-9)26-7-12-19-11-3-2-8(17)4-10(11)15(24)20-12/h2-5H,6-7H2,1H3,(H,18,21,22)(H,19,20,24). The fraction of sp³-hybridized carbons (Fsp3) is 0.188. The zero-order valence-corrected chi connectivity index (χ0v) is 15.1. The van der Waals surface area contributed by atoms with Gasteiger partial charge >= 0.3 is 5.97 Å². The lowest BCUT2D eigenvalue weighted by molar-refractivity contribution is -0.139. The summed E-state index contributed by atoms with van der Waals surface area (Å²) in [6.45, 7) is 0. The molecule has 26 heavy (non-hydrogen) atoms. The number of aromatic nitrogens is 4. The number of halogens is 1. The lowest BCUT2D eigenvalue weighted by Gasteiger charge is -2.05. The number of rotatable bonds is 5. The molecule has 0 saturated carbocycles. The van der Waals surface area contributed by atoms with Crippen LogP contribution in [0.3, 0.4) is 0 Å². The summed E-state index contributed by atoms with van der Waals surface area (Å²) in [7, 11) is 1.26. The minimum atomic E-state index is -0.488. The Bertz CT molecular complexity index is 1100. The molecule has 2 N–H and O–H groups in total. The Labute approximate surface area is 156 Å². The van der Waals surface area contributed by atoms with Gasteiger partial charge in [-0.3, -0.25) is 14.4 Å². The number of nitrogens with zero attached hydrogens (tertiary/aromatic N) is 2. The van der Waals surface area contributed by atoms with Gasteiger partial charge in [-0.1, -0.05) is 23.4 Å². The van der Waals surface area contributed by atoms with Crippen molar-refractivity contribution in [2.24, 2.45) is 0 Å². The monoisotopic (exact) mass is 392 g/mol. The summed E-state index contributed by atoms with van der Waals surface area (Å²) in [6, 6.07) is 6.11. The Morgan fingerprint density at radius 2 is 2.04 bits per heavy atom. The molecule has 3 aromatic rings. The van der Waals surface area contributed by atoms with Crippen LogP contribution in [0.2, 0.25) is 5.02 Å². The summed E-state index contributed by atoms with van der Waals surface area (Å²) in [4.78, 5) is 49.0. The summed E-state index contributed by atoms with van der Waals surface area (Å²) >= 11 is 7.07. The number of H-pyrrole nitrogens is 2. The van der Waals surface area contributed by atoms with Crippen molar-refractivity contribution >= 4 is 40.2 Å². The highest BCUT2D eigenvalue weighted by molar-refractivity contribution is 7.98. The quantitative estimate of drug-likeness (QED) is 0.385. The molecule has 2 aromatic heterocycles. The van der Waals surface area contributed by atoms with Crippen molar-refractivity contribution in [2.75, 3.05) is 7.11 Å². The van der Waals surface area contributed by atoms with Crippen molar-refractivity contribution in [1.82, 2.24) is 19.9 Å². The summed E-state index contributed by atoms with van der Waals surface area (Å²) < 4.78 is 4.57. The molecule has 2 heterocycles. The van der Waals surface area contributed by atoms with Crippen molar-refractivity contribution in [3.63, 3.8) is 0 Å². The average Bonchev–Trinajstić information content (AvgIpc) is 2.60. The third kappa shape index (κ3) is 4.30. The van der Waals surface area contributed by atoms with Gasteiger partial charge in [0, 0.05) is 11.1 Å². The van der Waals surface area contributed by atoms with Crippen molar-refractivity contribution in [1.29, 1.82) is 0 Å². The molecule has 0 aliphatic heterocycles. The average molecular weight is 393 g/mol. The number of hydrogen-bond acceptors (Lipinski definition) is 7. The number of carbonyl (C=O) groups excluding carboxylic acids is 1. The van der Waals surface area contributed by atoms with Gasteiger partial charge in [0.15, 0.2) is 5.16 Å². The van der Waals surface area contributed by atoms with Crippen LogP contribution in [-0.2, 0) is 21.7 Å². The summed E-state index contributed by atoms with van der Waals surface area (Å²) in [5.74, 6) is 0.215. The highest BCUT2D eigenvalue weighted by Crippen LogP contribution is 2.18. The van der Waals surface area contributed by atoms with Crippen molar-refractivity contribution in [3.05, 3.63) is 61.5 Å². The Balaban J connectivity index is 1.82. The number of methoxy groups -OCH3 is 1. The van der Waals surface area contributed by atoms with Gasteiger partial charge in [0.2, 0.25) is 0 Å². The molecule has 0 unspecified atom stereocenters. The third-order valence-electron chi connectivity index (χ3n) is 3.39. The number of esters is 1. The van der Waals surface area contributed by atoms with Gasteiger partial charge in [-0.15, -0.1) is 0 Å². The molecule has 0 aliphatic carbocycles. The maximum Gasteiger partial charge on any atom is 0.311 e. The molecule has 0 saturated heterocycles. The molecule has 0 atom stereocenters. The molecular formula is C16H13ClN4O4S.